The lowest BCUT2D eigenvalue weighted by molar-refractivity contribution is -0.137. The lowest BCUT2D eigenvalue weighted by atomic mass is 9.82. The molecule has 5 N–H and O–H groups in total. The summed E-state index contributed by atoms with van der Waals surface area (Å²) in [5, 5.41) is 20.5. The monoisotopic (exact) mass is 762 g/mol. The number of amides is 5. The Labute approximate surface area is 325 Å². The van der Waals surface area contributed by atoms with E-state index in [4.69, 9.17) is 4.74 Å². The number of H-pyrrole nitrogens is 1. The molecule has 4 aromatic rings. The second-order valence-corrected chi connectivity index (χ2v) is 15.5. The van der Waals surface area contributed by atoms with Crippen molar-refractivity contribution in [1.29, 1.82) is 0 Å². The molecule has 2 aromatic heterocycles. The number of likely N-dealkylation sites (tertiary alicyclic amines) is 1. The number of carbonyl (C=O) groups is 4. The van der Waals surface area contributed by atoms with Crippen LogP contribution in [0.1, 0.15) is 48.8 Å². The molecule has 2 atom stereocenters. The molecule has 0 radical (unpaired) electrons. The molecule has 56 heavy (non-hydrogen) atoms. The van der Waals surface area contributed by atoms with Gasteiger partial charge in [0, 0.05) is 87.6 Å². The summed E-state index contributed by atoms with van der Waals surface area (Å²) in [6, 6.07) is 13.4. The van der Waals surface area contributed by atoms with E-state index in [2.05, 4.69) is 41.3 Å². The molecule has 15 heteroatoms. The van der Waals surface area contributed by atoms with E-state index in [1.165, 1.54) is 0 Å². The number of pyridine rings is 1. The van der Waals surface area contributed by atoms with Crippen LogP contribution in [0.25, 0.3) is 10.9 Å². The number of benzene rings is 2. The number of aromatic amines is 1. The minimum atomic E-state index is -0.966. The fourth-order valence-corrected chi connectivity index (χ4v) is 8.82. The quantitative estimate of drug-likeness (QED) is 0.170. The number of hydrogen-bond acceptors (Lipinski definition) is 9. The van der Waals surface area contributed by atoms with E-state index < -0.39 is 29.7 Å². The van der Waals surface area contributed by atoms with Gasteiger partial charge in [0.2, 0.25) is 11.8 Å². The van der Waals surface area contributed by atoms with Crippen LogP contribution in [0.4, 0.5) is 21.0 Å². The Balaban J connectivity index is 0.999. The zero-order valence-electron chi connectivity index (χ0n) is 31.8. The highest BCUT2D eigenvalue weighted by molar-refractivity contribution is 5.93. The highest BCUT2D eigenvalue weighted by Crippen LogP contribution is 2.43. The number of nitrogens with one attached hydrogen (secondary N) is 5. The minimum absolute atomic E-state index is 0.0925. The summed E-state index contributed by atoms with van der Waals surface area (Å²) in [7, 11) is 0. The molecule has 1 spiro atoms. The maximum absolute atomic E-state index is 14.5. The number of urea groups is 1. The average Bonchev–Trinajstić information content (AvgIpc) is 3.71. The van der Waals surface area contributed by atoms with Crippen molar-refractivity contribution in [3.63, 3.8) is 0 Å². The van der Waals surface area contributed by atoms with Crippen molar-refractivity contribution >= 4 is 46.2 Å². The fraction of sp³-hybridized carbons (Fsp3) is 0.463. The molecule has 0 saturated carbocycles. The first-order valence-corrected chi connectivity index (χ1v) is 19.8. The van der Waals surface area contributed by atoms with Gasteiger partial charge in [-0.3, -0.25) is 25.0 Å². The Bertz CT molecular complexity index is 2050. The first kappa shape index (κ1) is 37.2. The molecule has 8 rings (SSSR count). The van der Waals surface area contributed by atoms with Gasteiger partial charge in [0.25, 0.3) is 0 Å². The van der Waals surface area contributed by atoms with Gasteiger partial charge in [0.05, 0.1) is 17.4 Å². The van der Waals surface area contributed by atoms with E-state index in [0.717, 1.165) is 59.2 Å². The molecule has 0 bridgehead atoms. The molecule has 0 aliphatic carbocycles. The highest BCUT2D eigenvalue weighted by Gasteiger charge is 2.45. The number of piperidine rings is 2. The van der Waals surface area contributed by atoms with Gasteiger partial charge in [-0.2, -0.15) is 5.10 Å². The van der Waals surface area contributed by atoms with Gasteiger partial charge in [0.15, 0.2) is 0 Å². The number of anilines is 2. The first-order valence-electron chi connectivity index (χ1n) is 19.8. The smallest absolute Gasteiger partial charge is 0.412 e. The van der Waals surface area contributed by atoms with E-state index in [0.29, 0.717) is 64.2 Å². The summed E-state index contributed by atoms with van der Waals surface area (Å²) in [5.74, 6) is -0.219. The van der Waals surface area contributed by atoms with Gasteiger partial charge >= 0.3 is 12.1 Å². The van der Waals surface area contributed by atoms with Crippen LogP contribution in [0.2, 0.25) is 0 Å². The van der Waals surface area contributed by atoms with E-state index in [1.807, 2.05) is 60.4 Å². The number of fused-ring (bicyclic) bond motifs is 3. The topological polar surface area (TPSA) is 177 Å². The van der Waals surface area contributed by atoms with Crippen LogP contribution >= 0.6 is 0 Å². The SMILES string of the molecule is Cc1cc(C[C@@H](NC(=O)N2CCC3(CC2)OC(=O)Nc2ccccc23)C(=O)N[C@@H](CC2CCNCC2)C(=O)N2CCN(c3ccncc3)CC2)cc2cn[nH]c12. The lowest BCUT2D eigenvalue weighted by Gasteiger charge is -2.44. The Hall–Kier alpha value is -5.70. The first-order chi connectivity index (χ1) is 27.2. The number of ether oxygens (including phenoxy) is 1. The maximum Gasteiger partial charge on any atom is 0.412 e. The van der Waals surface area contributed by atoms with Crippen LogP contribution in [-0.2, 0) is 26.3 Å². The summed E-state index contributed by atoms with van der Waals surface area (Å²) < 4.78 is 5.89. The molecule has 15 nitrogen and oxygen atoms in total. The number of hydrogen-bond donors (Lipinski definition) is 5. The van der Waals surface area contributed by atoms with Crippen LogP contribution in [-0.4, -0.2) is 113 Å². The van der Waals surface area contributed by atoms with E-state index in [1.54, 1.807) is 23.5 Å². The Kier molecular flexibility index (Phi) is 10.8. The van der Waals surface area contributed by atoms with Gasteiger partial charge in [-0.25, -0.2) is 9.59 Å². The van der Waals surface area contributed by atoms with Gasteiger partial charge in [0.1, 0.15) is 17.7 Å². The van der Waals surface area contributed by atoms with E-state index >= 15 is 0 Å². The van der Waals surface area contributed by atoms with E-state index in [-0.39, 0.29) is 24.3 Å². The zero-order chi connectivity index (χ0) is 38.6. The molecular formula is C41H50N10O5. The number of piperazine rings is 1. The van der Waals surface area contributed by atoms with Crippen LogP contribution in [0, 0.1) is 12.8 Å². The van der Waals surface area contributed by atoms with Crippen LogP contribution in [0.15, 0.2) is 67.1 Å². The van der Waals surface area contributed by atoms with Crippen LogP contribution in [0.5, 0.6) is 0 Å². The normalized spacial score (nSPS) is 19.4. The predicted octanol–water partition coefficient (Wildman–Crippen LogP) is 3.66. The number of aryl methyl sites for hydroxylation is 1. The third-order valence-corrected chi connectivity index (χ3v) is 11.9. The number of aromatic nitrogens is 3. The number of para-hydroxylation sites is 1. The summed E-state index contributed by atoms with van der Waals surface area (Å²) in [5.41, 5.74) is 4.59. The summed E-state index contributed by atoms with van der Waals surface area (Å²) in [6.45, 7) is 6.80. The average molecular weight is 763 g/mol. The molecule has 4 aliphatic heterocycles. The standard InChI is InChI=1S/C41H50N10O5/c1-27-22-29(23-30-26-44-48-36(27)30)25-34(46-39(54)51-16-10-41(11-17-51)32-4-2-3-5-33(32)47-40(55)56-41)37(52)45-35(24-28-6-12-42-13-7-28)38(53)50-20-18-49(19-21-50)31-8-14-43-15-9-31/h2-5,8-9,14-15,22-23,26,28,34-35,42H,6-7,10-13,16-21,24-25H2,1H3,(H,44,48)(H,45,52)(H,46,54)(H,47,55)/t34-,35+/m1/s1. The molecule has 6 heterocycles. The summed E-state index contributed by atoms with van der Waals surface area (Å²) >= 11 is 0. The Morgan fingerprint density at radius 2 is 1.68 bits per heavy atom. The second-order valence-electron chi connectivity index (χ2n) is 15.5. The molecule has 2 aromatic carbocycles. The molecule has 3 saturated heterocycles. The van der Waals surface area contributed by atoms with E-state index in [9.17, 15) is 19.2 Å². The third kappa shape index (κ3) is 7.99. The molecule has 4 aliphatic rings. The van der Waals surface area contributed by atoms with Crippen molar-refractivity contribution in [2.75, 3.05) is 62.6 Å². The van der Waals surface area contributed by atoms with Crippen molar-refractivity contribution in [3.05, 3.63) is 83.8 Å². The number of nitrogens with zero attached hydrogens (tertiary/aromatic N) is 5. The summed E-state index contributed by atoms with van der Waals surface area (Å²) in [4.78, 5) is 65.4. The van der Waals surface area contributed by atoms with Gasteiger partial charge < -0.3 is 35.4 Å². The predicted molar refractivity (Wildman–Crippen MR) is 211 cm³/mol. The van der Waals surface area contributed by atoms with Crippen molar-refractivity contribution < 1.29 is 23.9 Å². The lowest BCUT2D eigenvalue weighted by Crippen LogP contribution is -2.59. The number of rotatable bonds is 9. The van der Waals surface area contributed by atoms with Gasteiger partial charge in [-0.05, 0) is 80.6 Å². The second kappa shape index (κ2) is 16.2. The fourth-order valence-electron chi connectivity index (χ4n) is 8.82. The maximum atomic E-state index is 14.5. The molecule has 294 valence electrons. The van der Waals surface area contributed by atoms with Crippen molar-refractivity contribution in [2.24, 2.45) is 5.92 Å². The third-order valence-electron chi connectivity index (χ3n) is 11.9. The summed E-state index contributed by atoms with van der Waals surface area (Å²) in [6.07, 6.45) is 8.20. The van der Waals surface area contributed by atoms with Crippen LogP contribution < -0.4 is 26.2 Å². The zero-order valence-corrected chi connectivity index (χ0v) is 31.8. The van der Waals surface area contributed by atoms with Crippen molar-refractivity contribution in [1.82, 2.24) is 40.9 Å². The van der Waals surface area contributed by atoms with Crippen LogP contribution in [0.3, 0.4) is 0 Å². The van der Waals surface area contributed by atoms with Gasteiger partial charge in [-0.15, -0.1) is 0 Å². The van der Waals surface area contributed by atoms with Crippen molar-refractivity contribution in [2.45, 2.75) is 63.1 Å². The Morgan fingerprint density at radius 1 is 0.929 bits per heavy atom. The largest absolute Gasteiger partial charge is 0.438 e. The minimum Gasteiger partial charge on any atom is -0.438 e. The number of carbonyl (C=O) groups excluding carboxylic acids is 4. The molecule has 5 amide bonds. The molecular weight excluding hydrogens is 713 g/mol. The Morgan fingerprint density at radius 3 is 2.45 bits per heavy atom. The van der Waals surface area contributed by atoms with Crippen molar-refractivity contribution in [3.8, 4) is 0 Å². The van der Waals surface area contributed by atoms with Gasteiger partial charge in [-0.1, -0.05) is 24.3 Å². The highest BCUT2D eigenvalue weighted by atomic mass is 16.6. The molecule has 0 unspecified atom stereocenters. The molecule has 3 fully saturated rings.